The molecule has 2 N–H and O–H groups in total. The lowest BCUT2D eigenvalue weighted by Crippen LogP contribution is -2.44. The number of furan rings is 1. The number of aliphatic hydroxyl groups is 1. The lowest BCUT2D eigenvalue weighted by molar-refractivity contribution is -0.118. The Balaban J connectivity index is 1.86. The summed E-state index contributed by atoms with van der Waals surface area (Å²) in [4.78, 5) is 11.7. The van der Waals surface area contributed by atoms with Gasteiger partial charge in [-0.3, -0.25) is 4.79 Å². The third-order valence-corrected chi connectivity index (χ3v) is 3.48. The van der Waals surface area contributed by atoms with Gasteiger partial charge in [0.05, 0.1) is 12.1 Å². The van der Waals surface area contributed by atoms with E-state index in [2.05, 4.69) is 21.2 Å². The van der Waals surface area contributed by atoms with Crippen LogP contribution < -0.4 is 5.32 Å². The Bertz CT molecular complexity index is 441. The number of amides is 1. The molecule has 1 amide bonds. The molecule has 18 heavy (non-hydrogen) atoms. The fraction of sp³-hybridized carbons (Fsp3) is 0.462. The zero-order chi connectivity index (χ0) is 13.0. The van der Waals surface area contributed by atoms with Crippen LogP contribution in [0.4, 0.5) is 0 Å². The molecule has 0 bridgehead atoms. The molecule has 98 valence electrons. The highest BCUT2D eigenvalue weighted by Crippen LogP contribution is 2.18. The average Bonchev–Trinajstić information content (AvgIpc) is 2.76. The molecule has 1 aromatic heterocycles. The fourth-order valence-corrected chi connectivity index (χ4v) is 2.41. The van der Waals surface area contributed by atoms with Crippen LogP contribution in [0.15, 0.2) is 27.3 Å². The SMILES string of the molecule is O=C(/C=C/c1ccc(Br)o1)N[C@H]1CCCC[C@@H]1O. The number of nitrogens with one attached hydrogen (secondary N) is 1. The molecule has 1 saturated carbocycles. The number of carbonyl (C=O) groups is 1. The average molecular weight is 314 g/mol. The Morgan fingerprint density at radius 3 is 2.89 bits per heavy atom. The zero-order valence-corrected chi connectivity index (χ0v) is 11.5. The molecule has 2 rings (SSSR count). The van der Waals surface area contributed by atoms with Crippen molar-refractivity contribution in [2.45, 2.75) is 37.8 Å². The van der Waals surface area contributed by atoms with E-state index in [9.17, 15) is 9.90 Å². The first kappa shape index (κ1) is 13.4. The Morgan fingerprint density at radius 1 is 1.44 bits per heavy atom. The van der Waals surface area contributed by atoms with Gasteiger partial charge in [-0.2, -0.15) is 0 Å². The standard InChI is InChI=1S/C13H16BrNO3/c14-12-7-5-9(18-12)6-8-13(17)15-10-3-1-2-4-11(10)16/h5-8,10-11,16H,1-4H2,(H,15,17)/b8-6+/t10-,11-/m0/s1. The van der Waals surface area contributed by atoms with E-state index in [0.29, 0.717) is 10.4 Å². The van der Waals surface area contributed by atoms with Gasteiger partial charge in [-0.25, -0.2) is 0 Å². The van der Waals surface area contributed by atoms with Crippen LogP contribution in [0.1, 0.15) is 31.4 Å². The molecule has 0 unspecified atom stereocenters. The van der Waals surface area contributed by atoms with Gasteiger partial charge in [-0.15, -0.1) is 0 Å². The molecule has 0 saturated heterocycles. The maximum Gasteiger partial charge on any atom is 0.244 e. The minimum atomic E-state index is -0.422. The highest BCUT2D eigenvalue weighted by Gasteiger charge is 2.23. The molecule has 2 atom stereocenters. The number of carbonyl (C=O) groups excluding carboxylic acids is 1. The minimum absolute atomic E-state index is 0.126. The maximum absolute atomic E-state index is 11.7. The van der Waals surface area contributed by atoms with Crippen molar-refractivity contribution in [3.63, 3.8) is 0 Å². The predicted octanol–water partition coefficient (Wildman–Crippen LogP) is 2.48. The molecule has 0 radical (unpaired) electrons. The summed E-state index contributed by atoms with van der Waals surface area (Å²) in [5.74, 6) is 0.412. The molecule has 0 spiro atoms. The Labute approximate surface area is 114 Å². The molecule has 0 aromatic carbocycles. The third-order valence-electron chi connectivity index (χ3n) is 3.05. The first-order valence-electron chi connectivity index (χ1n) is 6.07. The van der Waals surface area contributed by atoms with Crippen molar-refractivity contribution in [1.29, 1.82) is 0 Å². The van der Waals surface area contributed by atoms with Gasteiger partial charge < -0.3 is 14.8 Å². The maximum atomic E-state index is 11.7. The largest absolute Gasteiger partial charge is 0.450 e. The van der Waals surface area contributed by atoms with Crippen molar-refractivity contribution in [2.75, 3.05) is 0 Å². The highest BCUT2D eigenvalue weighted by atomic mass is 79.9. The fourth-order valence-electron chi connectivity index (χ4n) is 2.09. The normalized spacial score (nSPS) is 24.3. The monoisotopic (exact) mass is 313 g/mol. The molecule has 1 aromatic rings. The van der Waals surface area contributed by atoms with Gasteiger partial charge in [0.15, 0.2) is 4.67 Å². The van der Waals surface area contributed by atoms with Crippen LogP contribution in [0.2, 0.25) is 0 Å². The van der Waals surface area contributed by atoms with Gasteiger partial charge >= 0.3 is 0 Å². The summed E-state index contributed by atoms with van der Waals surface area (Å²) in [6.07, 6.45) is 6.30. The van der Waals surface area contributed by atoms with Crippen LogP contribution in [0.5, 0.6) is 0 Å². The number of hydrogen-bond acceptors (Lipinski definition) is 3. The minimum Gasteiger partial charge on any atom is -0.450 e. The third kappa shape index (κ3) is 3.71. The summed E-state index contributed by atoms with van der Waals surface area (Å²) in [5.41, 5.74) is 0. The van der Waals surface area contributed by atoms with Gasteiger partial charge in [0, 0.05) is 6.08 Å². The topological polar surface area (TPSA) is 62.5 Å². The van der Waals surface area contributed by atoms with E-state index in [0.717, 1.165) is 25.7 Å². The Kier molecular flexibility index (Phi) is 4.60. The number of hydrogen-bond donors (Lipinski definition) is 2. The van der Waals surface area contributed by atoms with Crippen LogP contribution in [-0.2, 0) is 4.79 Å². The van der Waals surface area contributed by atoms with Crippen molar-refractivity contribution >= 4 is 27.9 Å². The molecular weight excluding hydrogens is 298 g/mol. The summed E-state index contributed by atoms with van der Waals surface area (Å²) in [6, 6.07) is 3.41. The summed E-state index contributed by atoms with van der Waals surface area (Å²) in [5, 5.41) is 12.6. The lowest BCUT2D eigenvalue weighted by atomic mass is 9.92. The summed E-state index contributed by atoms with van der Waals surface area (Å²) >= 11 is 3.19. The van der Waals surface area contributed by atoms with Crippen molar-refractivity contribution in [3.8, 4) is 0 Å². The zero-order valence-electron chi connectivity index (χ0n) is 9.93. The van der Waals surface area contributed by atoms with Crippen molar-refractivity contribution < 1.29 is 14.3 Å². The molecule has 0 aliphatic heterocycles. The molecule has 4 nitrogen and oxygen atoms in total. The smallest absolute Gasteiger partial charge is 0.244 e. The van der Waals surface area contributed by atoms with Crippen LogP contribution in [0.25, 0.3) is 6.08 Å². The van der Waals surface area contributed by atoms with Crippen LogP contribution in [0.3, 0.4) is 0 Å². The predicted molar refractivity (Wildman–Crippen MR) is 71.8 cm³/mol. The molecule has 1 aliphatic rings. The van der Waals surface area contributed by atoms with Gasteiger partial charge in [0.2, 0.25) is 5.91 Å². The van der Waals surface area contributed by atoms with Gasteiger partial charge in [-0.1, -0.05) is 12.8 Å². The van der Waals surface area contributed by atoms with Crippen LogP contribution in [-0.4, -0.2) is 23.2 Å². The lowest BCUT2D eigenvalue weighted by Gasteiger charge is -2.27. The Hall–Kier alpha value is -1.07. The molecule has 1 fully saturated rings. The second-order valence-corrected chi connectivity index (χ2v) is 5.22. The van der Waals surface area contributed by atoms with E-state index in [1.165, 1.54) is 6.08 Å². The van der Waals surface area contributed by atoms with Gasteiger partial charge in [-0.05, 0) is 47.0 Å². The van der Waals surface area contributed by atoms with Crippen molar-refractivity contribution in [1.82, 2.24) is 5.32 Å². The summed E-state index contributed by atoms with van der Waals surface area (Å²) in [7, 11) is 0. The van der Waals surface area contributed by atoms with Gasteiger partial charge in [0.25, 0.3) is 0 Å². The van der Waals surface area contributed by atoms with E-state index in [1.54, 1.807) is 18.2 Å². The number of rotatable bonds is 3. The summed E-state index contributed by atoms with van der Waals surface area (Å²) in [6.45, 7) is 0. The quantitative estimate of drug-likeness (QED) is 0.843. The summed E-state index contributed by atoms with van der Waals surface area (Å²) < 4.78 is 5.88. The Morgan fingerprint density at radius 2 is 2.22 bits per heavy atom. The molecular formula is C13H16BrNO3. The second kappa shape index (κ2) is 6.20. The first-order valence-corrected chi connectivity index (χ1v) is 6.86. The van der Waals surface area contributed by atoms with Crippen LogP contribution >= 0.6 is 15.9 Å². The van der Waals surface area contributed by atoms with E-state index < -0.39 is 6.10 Å². The van der Waals surface area contributed by atoms with Crippen LogP contribution in [0, 0.1) is 0 Å². The molecule has 5 heteroatoms. The second-order valence-electron chi connectivity index (χ2n) is 4.44. The van der Waals surface area contributed by atoms with Gasteiger partial charge in [0.1, 0.15) is 5.76 Å². The van der Waals surface area contributed by atoms with E-state index >= 15 is 0 Å². The van der Waals surface area contributed by atoms with E-state index in [1.807, 2.05) is 0 Å². The first-order chi connectivity index (χ1) is 8.65. The number of aliphatic hydroxyl groups excluding tert-OH is 1. The molecule has 1 heterocycles. The highest BCUT2D eigenvalue weighted by molar-refractivity contribution is 9.10. The van der Waals surface area contributed by atoms with Crippen molar-refractivity contribution in [3.05, 3.63) is 28.6 Å². The number of halogens is 1. The molecule has 1 aliphatic carbocycles. The van der Waals surface area contributed by atoms with Crippen molar-refractivity contribution in [2.24, 2.45) is 0 Å². The van der Waals surface area contributed by atoms with E-state index in [-0.39, 0.29) is 11.9 Å². The van der Waals surface area contributed by atoms with E-state index in [4.69, 9.17) is 4.42 Å².